The van der Waals surface area contributed by atoms with Crippen molar-refractivity contribution in [2.24, 2.45) is 0 Å². The van der Waals surface area contributed by atoms with Crippen LogP contribution in [-0.4, -0.2) is 30.3 Å². The van der Waals surface area contributed by atoms with E-state index in [0.717, 1.165) is 19.3 Å². The molecule has 1 aliphatic carbocycles. The van der Waals surface area contributed by atoms with Gasteiger partial charge in [-0.25, -0.2) is 4.79 Å². The molecule has 0 spiro atoms. The highest BCUT2D eigenvalue weighted by atomic mass is 16.3. The molecular formula is C8H16N2O2. The van der Waals surface area contributed by atoms with E-state index in [1.165, 1.54) is 0 Å². The summed E-state index contributed by atoms with van der Waals surface area (Å²) in [6.45, 7) is 0. The number of hydrogen-bond acceptors (Lipinski definition) is 2. The Hall–Kier alpha value is -0.770. The summed E-state index contributed by atoms with van der Waals surface area (Å²) in [5.74, 6) is 0. The zero-order valence-electron chi connectivity index (χ0n) is 7.34. The first-order chi connectivity index (χ1) is 5.72. The van der Waals surface area contributed by atoms with Crippen molar-refractivity contribution in [1.29, 1.82) is 0 Å². The zero-order valence-corrected chi connectivity index (χ0v) is 7.34. The second-order valence-corrected chi connectivity index (χ2v) is 3.24. The molecule has 2 amide bonds. The van der Waals surface area contributed by atoms with E-state index in [-0.39, 0.29) is 18.2 Å². The summed E-state index contributed by atoms with van der Waals surface area (Å²) in [6.07, 6.45) is 3.29. The van der Waals surface area contributed by atoms with Gasteiger partial charge in [-0.1, -0.05) is 0 Å². The monoisotopic (exact) mass is 172 g/mol. The predicted octanol–water partition coefficient (Wildman–Crippen LogP) is 0.219. The molecule has 0 aromatic rings. The van der Waals surface area contributed by atoms with E-state index in [9.17, 15) is 9.90 Å². The van der Waals surface area contributed by atoms with Crippen LogP contribution in [0.4, 0.5) is 4.79 Å². The quantitative estimate of drug-likeness (QED) is 0.530. The Labute approximate surface area is 72.3 Å². The highest BCUT2D eigenvalue weighted by Crippen LogP contribution is 2.17. The van der Waals surface area contributed by atoms with Crippen LogP contribution < -0.4 is 10.6 Å². The topological polar surface area (TPSA) is 61.4 Å². The number of hydrogen-bond donors (Lipinski definition) is 3. The van der Waals surface area contributed by atoms with Gasteiger partial charge in [0.05, 0.1) is 6.10 Å². The van der Waals surface area contributed by atoms with Gasteiger partial charge in [0.25, 0.3) is 0 Å². The van der Waals surface area contributed by atoms with E-state index >= 15 is 0 Å². The summed E-state index contributed by atoms with van der Waals surface area (Å²) < 4.78 is 0. The molecule has 12 heavy (non-hydrogen) atoms. The Morgan fingerprint density at radius 1 is 1.50 bits per heavy atom. The first-order valence-electron chi connectivity index (χ1n) is 4.38. The fourth-order valence-corrected chi connectivity index (χ4v) is 1.55. The third-order valence-electron chi connectivity index (χ3n) is 2.21. The van der Waals surface area contributed by atoms with Crippen molar-refractivity contribution < 1.29 is 9.90 Å². The summed E-state index contributed by atoms with van der Waals surface area (Å²) in [6, 6.07) is -0.0113. The summed E-state index contributed by atoms with van der Waals surface area (Å²) >= 11 is 0. The molecule has 3 N–H and O–H groups in total. The number of amides is 2. The normalized spacial score (nSPS) is 29.5. The molecule has 0 aliphatic heterocycles. The molecule has 1 fully saturated rings. The largest absolute Gasteiger partial charge is 0.393 e. The fraction of sp³-hybridized carbons (Fsp3) is 0.875. The van der Waals surface area contributed by atoms with Crippen molar-refractivity contribution in [3.8, 4) is 0 Å². The Balaban J connectivity index is 2.27. The lowest BCUT2D eigenvalue weighted by atomic mass is 9.93. The predicted molar refractivity (Wildman–Crippen MR) is 45.9 cm³/mol. The molecule has 4 nitrogen and oxygen atoms in total. The van der Waals surface area contributed by atoms with Crippen LogP contribution in [-0.2, 0) is 0 Å². The Bertz CT molecular complexity index is 161. The van der Waals surface area contributed by atoms with E-state index in [1.807, 2.05) is 0 Å². The minimum Gasteiger partial charge on any atom is -0.393 e. The maximum Gasteiger partial charge on any atom is 0.314 e. The molecular weight excluding hydrogens is 156 g/mol. The Morgan fingerprint density at radius 3 is 2.83 bits per heavy atom. The summed E-state index contributed by atoms with van der Waals surface area (Å²) in [5, 5.41) is 14.6. The highest BCUT2D eigenvalue weighted by molar-refractivity contribution is 5.73. The maximum atomic E-state index is 10.9. The minimum absolute atomic E-state index is 0.147. The van der Waals surface area contributed by atoms with Crippen molar-refractivity contribution in [3.05, 3.63) is 0 Å². The standard InChI is InChI=1S/C8H16N2O2/c1-9-8(12)10-6-3-2-4-7(11)5-6/h6-7,11H,2-5H2,1H3,(H2,9,10,12)/t6-,7+/m0/s1. The lowest BCUT2D eigenvalue weighted by molar-refractivity contribution is 0.114. The van der Waals surface area contributed by atoms with Crippen LogP contribution in [0.1, 0.15) is 25.7 Å². The van der Waals surface area contributed by atoms with Crippen molar-refractivity contribution in [3.63, 3.8) is 0 Å². The molecule has 1 rings (SSSR count). The van der Waals surface area contributed by atoms with Crippen LogP contribution in [0.15, 0.2) is 0 Å². The van der Waals surface area contributed by atoms with Crippen molar-refractivity contribution in [1.82, 2.24) is 10.6 Å². The van der Waals surface area contributed by atoms with Crippen LogP contribution in [0.5, 0.6) is 0 Å². The van der Waals surface area contributed by atoms with Gasteiger partial charge < -0.3 is 15.7 Å². The van der Waals surface area contributed by atoms with Crippen molar-refractivity contribution in [2.75, 3.05) is 7.05 Å². The van der Waals surface area contributed by atoms with Gasteiger partial charge in [-0.3, -0.25) is 0 Å². The second-order valence-electron chi connectivity index (χ2n) is 3.24. The van der Waals surface area contributed by atoms with Gasteiger partial charge in [-0.15, -0.1) is 0 Å². The van der Waals surface area contributed by atoms with E-state index in [1.54, 1.807) is 7.05 Å². The third kappa shape index (κ3) is 2.70. The molecule has 0 radical (unpaired) electrons. The molecule has 4 heteroatoms. The zero-order chi connectivity index (χ0) is 8.97. The van der Waals surface area contributed by atoms with Crippen LogP contribution in [0.3, 0.4) is 0 Å². The third-order valence-corrected chi connectivity index (χ3v) is 2.21. The van der Waals surface area contributed by atoms with Gasteiger partial charge in [-0.2, -0.15) is 0 Å². The second kappa shape index (κ2) is 4.30. The van der Waals surface area contributed by atoms with Gasteiger partial charge in [0, 0.05) is 13.1 Å². The smallest absolute Gasteiger partial charge is 0.314 e. The molecule has 0 unspecified atom stereocenters. The van der Waals surface area contributed by atoms with Crippen LogP contribution >= 0.6 is 0 Å². The lowest BCUT2D eigenvalue weighted by Gasteiger charge is -2.26. The number of urea groups is 1. The molecule has 1 aliphatic rings. The van der Waals surface area contributed by atoms with E-state index in [2.05, 4.69) is 10.6 Å². The molecule has 0 aromatic heterocycles. The SMILES string of the molecule is CNC(=O)N[C@H]1CCC[C@@H](O)C1. The van der Waals surface area contributed by atoms with Gasteiger partial charge >= 0.3 is 6.03 Å². The average molecular weight is 172 g/mol. The number of aliphatic hydroxyl groups is 1. The average Bonchev–Trinajstić information content (AvgIpc) is 2.04. The van der Waals surface area contributed by atoms with Crippen LogP contribution in [0.2, 0.25) is 0 Å². The molecule has 2 atom stereocenters. The maximum absolute atomic E-state index is 10.9. The minimum atomic E-state index is -0.235. The summed E-state index contributed by atoms with van der Waals surface area (Å²) in [4.78, 5) is 10.9. The highest BCUT2D eigenvalue weighted by Gasteiger charge is 2.20. The molecule has 0 saturated heterocycles. The number of aliphatic hydroxyl groups excluding tert-OH is 1. The van der Waals surface area contributed by atoms with Gasteiger partial charge in [-0.05, 0) is 25.7 Å². The Morgan fingerprint density at radius 2 is 2.25 bits per heavy atom. The molecule has 0 heterocycles. The summed E-state index contributed by atoms with van der Waals surface area (Å²) in [5.41, 5.74) is 0. The number of carbonyl (C=O) groups is 1. The molecule has 0 bridgehead atoms. The number of nitrogens with one attached hydrogen (secondary N) is 2. The lowest BCUT2D eigenvalue weighted by Crippen LogP contribution is -2.43. The summed E-state index contributed by atoms with van der Waals surface area (Å²) in [7, 11) is 1.59. The van der Waals surface area contributed by atoms with E-state index in [4.69, 9.17) is 0 Å². The molecule has 1 saturated carbocycles. The number of rotatable bonds is 1. The van der Waals surface area contributed by atoms with Crippen LogP contribution in [0, 0.1) is 0 Å². The van der Waals surface area contributed by atoms with Gasteiger partial charge in [0.1, 0.15) is 0 Å². The molecule has 0 aromatic carbocycles. The fourth-order valence-electron chi connectivity index (χ4n) is 1.55. The Kier molecular flexibility index (Phi) is 3.34. The first-order valence-corrected chi connectivity index (χ1v) is 4.38. The molecule has 70 valence electrons. The van der Waals surface area contributed by atoms with Crippen molar-refractivity contribution >= 4 is 6.03 Å². The van der Waals surface area contributed by atoms with Crippen LogP contribution in [0.25, 0.3) is 0 Å². The van der Waals surface area contributed by atoms with Gasteiger partial charge in [0.2, 0.25) is 0 Å². The van der Waals surface area contributed by atoms with E-state index < -0.39 is 0 Å². The van der Waals surface area contributed by atoms with Crippen molar-refractivity contribution in [2.45, 2.75) is 37.8 Å². The van der Waals surface area contributed by atoms with E-state index in [0.29, 0.717) is 6.42 Å². The first kappa shape index (κ1) is 9.32. The van der Waals surface area contributed by atoms with Gasteiger partial charge in [0.15, 0.2) is 0 Å². The number of carbonyl (C=O) groups excluding carboxylic acids is 1.